The number of amides is 1. The van der Waals surface area contributed by atoms with Crippen LogP contribution in [0, 0.1) is 0 Å². The van der Waals surface area contributed by atoms with Crippen LogP contribution < -0.4 is 10.6 Å². The summed E-state index contributed by atoms with van der Waals surface area (Å²) in [6, 6.07) is 3.55. The first-order valence-corrected chi connectivity index (χ1v) is 6.58. The van der Waals surface area contributed by atoms with Gasteiger partial charge in [-0.2, -0.15) is 5.10 Å². The summed E-state index contributed by atoms with van der Waals surface area (Å²) in [6.07, 6.45) is 3.91. The van der Waals surface area contributed by atoms with Crippen LogP contribution in [0.1, 0.15) is 16.1 Å². The number of hydrogen-bond donors (Lipinski definition) is 2. The molecule has 0 aliphatic carbocycles. The number of nitrogens with one attached hydrogen (secondary N) is 2. The Balaban J connectivity index is 1.96. The van der Waals surface area contributed by atoms with Crippen LogP contribution >= 0.6 is 11.6 Å². The highest BCUT2D eigenvalue weighted by Crippen LogP contribution is 2.17. The van der Waals surface area contributed by atoms with Gasteiger partial charge in [-0.25, -0.2) is 4.98 Å². The summed E-state index contributed by atoms with van der Waals surface area (Å²) >= 11 is 5.99. The highest BCUT2D eigenvalue weighted by atomic mass is 35.5. The van der Waals surface area contributed by atoms with E-state index in [-0.39, 0.29) is 5.91 Å². The Labute approximate surface area is 122 Å². The molecule has 0 spiro atoms. The summed E-state index contributed by atoms with van der Waals surface area (Å²) in [7, 11) is 3.61. The number of pyridine rings is 1. The van der Waals surface area contributed by atoms with Gasteiger partial charge in [0, 0.05) is 45.1 Å². The number of anilines is 1. The van der Waals surface area contributed by atoms with Gasteiger partial charge < -0.3 is 10.6 Å². The lowest BCUT2D eigenvalue weighted by Crippen LogP contribution is -2.26. The molecular formula is C13H16ClN5O. The smallest absolute Gasteiger partial charge is 0.253 e. The van der Waals surface area contributed by atoms with Gasteiger partial charge in [0.25, 0.3) is 5.91 Å². The third-order valence-electron chi connectivity index (χ3n) is 2.95. The number of carbonyl (C=O) groups excluding carboxylic acids is 1. The average molecular weight is 294 g/mol. The molecule has 0 saturated heterocycles. The third kappa shape index (κ3) is 3.27. The third-order valence-corrected chi connectivity index (χ3v) is 3.25. The Morgan fingerprint density at radius 2 is 2.30 bits per heavy atom. The number of aromatic nitrogens is 3. The molecule has 2 N–H and O–H groups in total. The fraction of sp³-hybridized carbons (Fsp3) is 0.308. The van der Waals surface area contributed by atoms with Crippen molar-refractivity contribution in [2.45, 2.75) is 6.42 Å². The van der Waals surface area contributed by atoms with E-state index in [4.69, 9.17) is 11.6 Å². The Kier molecular flexibility index (Phi) is 4.57. The molecule has 0 unspecified atom stereocenters. The van der Waals surface area contributed by atoms with E-state index in [9.17, 15) is 4.79 Å². The summed E-state index contributed by atoms with van der Waals surface area (Å²) < 4.78 is 1.78. The maximum atomic E-state index is 12.1. The van der Waals surface area contributed by atoms with Crippen molar-refractivity contribution >= 4 is 23.3 Å². The van der Waals surface area contributed by atoms with Gasteiger partial charge in [0.15, 0.2) is 0 Å². The molecule has 0 aliphatic heterocycles. The van der Waals surface area contributed by atoms with E-state index in [0.717, 1.165) is 5.69 Å². The Bertz CT molecular complexity index is 611. The fourth-order valence-corrected chi connectivity index (χ4v) is 1.98. The fourth-order valence-electron chi connectivity index (χ4n) is 1.80. The number of aryl methyl sites for hydroxylation is 1. The zero-order chi connectivity index (χ0) is 14.5. The van der Waals surface area contributed by atoms with Crippen LogP contribution in [0.4, 0.5) is 5.82 Å². The number of nitrogens with zero attached hydrogens (tertiary/aromatic N) is 3. The molecule has 0 radical (unpaired) electrons. The summed E-state index contributed by atoms with van der Waals surface area (Å²) in [5.41, 5.74) is 1.47. The first-order chi connectivity index (χ1) is 9.61. The standard InChI is InChI=1S/C13H16ClN5O/c1-15-12-7-10(11(14)8-17-12)13(20)16-5-3-9-4-6-18-19(9)2/h4,6-8H,3,5H2,1-2H3,(H,15,17)(H,16,20). The van der Waals surface area contributed by atoms with Crippen LogP contribution in [0.3, 0.4) is 0 Å². The summed E-state index contributed by atoms with van der Waals surface area (Å²) in [5, 5.41) is 10.1. The molecule has 2 aromatic rings. The predicted molar refractivity (Wildman–Crippen MR) is 78.0 cm³/mol. The molecule has 0 atom stereocenters. The summed E-state index contributed by atoms with van der Waals surface area (Å²) in [5.74, 6) is 0.391. The minimum atomic E-state index is -0.212. The van der Waals surface area contributed by atoms with Crippen LogP contribution in [-0.4, -0.2) is 34.3 Å². The lowest BCUT2D eigenvalue weighted by atomic mass is 10.2. The van der Waals surface area contributed by atoms with Gasteiger partial charge in [-0.1, -0.05) is 11.6 Å². The van der Waals surface area contributed by atoms with Gasteiger partial charge in [-0.15, -0.1) is 0 Å². The Morgan fingerprint density at radius 1 is 1.50 bits per heavy atom. The maximum Gasteiger partial charge on any atom is 0.253 e. The van der Waals surface area contributed by atoms with Gasteiger partial charge in [0.1, 0.15) is 5.82 Å². The molecule has 0 saturated carbocycles. The maximum absolute atomic E-state index is 12.1. The highest BCUT2D eigenvalue weighted by molar-refractivity contribution is 6.33. The Hall–Kier alpha value is -2.08. The zero-order valence-electron chi connectivity index (χ0n) is 11.4. The summed E-state index contributed by atoms with van der Waals surface area (Å²) in [4.78, 5) is 16.1. The largest absolute Gasteiger partial charge is 0.373 e. The molecule has 0 bridgehead atoms. The number of carbonyl (C=O) groups is 1. The zero-order valence-corrected chi connectivity index (χ0v) is 12.1. The van der Waals surface area contributed by atoms with Gasteiger partial charge in [-0.05, 0) is 12.1 Å². The predicted octanol–water partition coefficient (Wildman–Crippen LogP) is 1.48. The van der Waals surface area contributed by atoms with Crippen LogP contribution in [0.2, 0.25) is 5.02 Å². The van der Waals surface area contributed by atoms with Gasteiger partial charge in [-0.3, -0.25) is 9.48 Å². The van der Waals surface area contributed by atoms with Crippen LogP contribution in [0.25, 0.3) is 0 Å². The normalized spacial score (nSPS) is 10.3. The first kappa shape index (κ1) is 14.3. The topological polar surface area (TPSA) is 71.8 Å². The molecule has 1 amide bonds. The molecule has 106 valence electrons. The van der Waals surface area contributed by atoms with Crippen molar-refractivity contribution in [2.75, 3.05) is 18.9 Å². The molecule has 2 aromatic heterocycles. The van der Waals surface area contributed by atoms with Crippen LogP contribution in [0.5, 0.6) is 0 Å². The van der Waals surface area contributed by atoms with E-state index in [1.807, 2.05) is 13.1 Å². The Morgan fingerprint density at radius 3 is 2.95 bits per heavy atom. The van der Waals surface area contributed by atoms with Gasteiger partial charge >= 0.3 is 0 Å². The van der Waals surface area contributed by atoms with Crippen molar-refractivity contribution in [2.24, 2.45) is 7.05 Å². The van der Waals surface area contributed by atoms with Crippen molar-refractivity contribution in [3.63, 3.8) is 0 Å². The second-order valence-corrected chi connectivity index (χ2v) is 4.66. The highest BCUT2D eigenvalue weighted by Gasteiger charge is 2.11. The lowest BCUT2D eigenvalue weighted by Gasteiger charge is -2.08. The van der Waals surface area contributed by atoms with Gasteiger partial charge in [0.2, 0.25) is 0 Å². The van der Waals surface area contributed by atoms with Crippen molar-refractivity contribution < 1.29 is 4.79 Å². The van der Waals surface area contributed by atoms with E-state index in [2.05, 4.69) is 20.7 Å². The number of rotatable bonds is 5. The van der Waals surface area contributed by atoms with Crippen LogP contribution in [-0.2, 0) is 13.5 Å². The minimum absolute atomic E-state index is 0.212. The van der Waals surface area contributed by atoms with E-state index in [0.29, 0.717) is 29.4 Å². The molecule has 0 aliphatic rings. The van der Waals surface area contributed by atoms with Crippen molar-refractivity contribution in [1.82, 2.24) is 20.1 Å². The van der Waals surface area contributed by atoms with Crippen molar-refractivity contribution in [3.05, 3.63) is 40.8 Å². The number of hydrogen-bond acceptors (Lipinski definition) is 4. The van der Waals surface area contributed by atoms with Crippen molar-refractivity contribution in [3.8, 4) is 0 Å². The molecule has 7 heteroatoms. The first-order valence-electron chi connectivity index (χ1n) is 6.20. The minimum Gasteiger partial charge on any atom is -0.373 e. The second-order valence-electron chi connectivity index (χ2n) is 4.25. The molecule has 2 rings (SSSR count). The monoisotopic (exact) mass is 293 g/mol. The van der Waals surface area contributed by atoms with Crippen LogP contribution in [0.15, 0.2) is 24.5 Å². The summed E-state index contributed by atoms with van der Waals surface area (Å²) in [6.45, 7) is 0.520. The van der Waals surface area contributed by atoms with E-state index < -0.39 is 0 Å². The molecule has 0 aromatic carbocycles. The average Bonchev–Trinajstić information content (AvgIpc) is 2.85. The molecular weight excluding hydrogens is 278 g/mol. The number of halogens is 1. The second kappa shape index (κ2) is 6.38. The molecule has 0 fully saturated rings. The van der Waals surface area contributed by atoms with Gasteiger partial charge in [0.05, 0.1) is 10.6 Å². The molecule has 2 heterocycles. The SMILES string of the molecule is CNc1cc(C(=O)NCCc2ccnn2C)c(Cl)cn1. The van der Waals surface area contributed by atoms with E-state index >= 15 is 0 Å². The van der Waals surface area contributed by atoms with E-state index in [1.54, 1.807) is 24.0 Å². The van der Waals surface area contributed by atoms with E-state index in [1.165, 1.54) is 6.20 Å². The molecule has 20 heavy (non-hydrogen) atoms. The van der Waals surface area contributed by atoms with Crippen molar-refractivity contribution in [1.29, 1.82) is 0 Å². The quantitative estimate of drug-likeness (QED) is 0.876. The molecule has 6 nitrogen and oxygen atoms in total. The lowest BCUT2D eigenvalue weighted by molar-refractivity contribution is 0.0954.